The molecule has 1 aliphatic rings. The predicted molar refractivity (Wildman–Crippen MR) is 70.0 cm³/mol. The van der Waals surface area contributed by atoms with Crippen LogP contribution in [0.1, 0.15) is 23.0 Å². The third-order valence-corrected chi connectivity index (χ3v) is 6.19. The van der Waals surface area contributed by atoms with Gasteiger partial charge in [0.1, 0.15) is 4.88 Å². The topological polar surface area (TPSA) is 83.9 Å². The molecular weight excluding hydrogens is 290 g/mol. The number of carboxylic acids is 1. The van der Waals surface area contributed by atoms with Crippen LogP contribution in [-0.4, -0.2) is 49.6 Å². The van der Waals surface area contributed by atoms with Crippen LogP contribution in [0, 0.1) is 0 Å². The van der Waals surface area contributed by atoms with Crippen molar-refractivity contribution in [2.75, 3.05) is 13.7 Å². The number of ether oxygens (including phenoxy) is 1. The van der Waals surface area contributed by atoms with Crippen molar-refractivity contribution in [3.05, 3.63) is 16.3 Å². The zero-order valence-electron chi connectivity index (χ0n) is 10.6. The molecule has 0 aliphatic carbocycles. The minimum Gasteiger partial charge on any atom is -0.477 e. The molecule has 0 bridgehead atoms. The molecule has 1 aromatic heterocycles. The molecule has 0 saturated carbocycles. The lowest BCUT2D eigenvalue weighted by molar-refractivity contribution is 0.0702. The molecule has 6 nitrogen and oxygen atoms in total. The van der Waals surface area contributed by atoms with Crippen molar-refractivity contribution in [1.82, 2.24) is 4.31 Å². The number of hydrogen-bond donors (Lipinski definition) is 1. The fourth-order valence-corrected chi connectivity index (χ4v) is 4.65. The van der Waals surface area contributed by atoms with E-state index in [2.05, 4.69) is 0 Å². The zero-order valence-corrected chi connectivity index (χ0v) is 12.2. The maximum atomic E-state index is 12.4. The van der Waals surface area contributed by atoms with Gasteiger partial charge in [0.25, 0.3) is 0 Å². The van der Waals surface area contributed by atoms with Gasteiger partial charge in [0.05, 0.1) is 17.0 Å². The van der Waals surface area contributed by atoms with Crippen LogP contribution in [0.4, 0.5) is 0 Å². The lowest BCUT2D eigenvalue weighted by Crippen LogP contribution is -2.40. The minimum atomic E-state index is -3.67. The first-order valence-corrected chi connectivity index (χ1v) is 8.07. The van der Waals surface area contributed by atoms with Gasteiger partial charge in [-0.05, 0) is 19.4 Å². The minimum absolute atomic E-state index is 0.0164. The van der Waals surface area contributed by atoms with Crippen molar-refractivity contribution >= 4 is 27.3 Å². The molecule has 1 N–H and O–H groups in total. The third kappa shape index (κ3) is 2.66. The Balaban J connectivity index is 2.28. The van der Waals surface area contributed by atoms with Gasteiger partial charge in [-0.1, -0.05) is 0 Å². The molecule has 2 rings (SSSR count). The van der Waals surface area contributed by atoms with Gasteiger partial charge in [0.15, 0.2) is 0 Å². The lowest BCUT2D eigenvalue weighted by atomic mass is 10.2. The Labute approximate surface area is 115 Å². The smallest absolute Gasteiger partial charge is 0.345 e. The number of thiophene rings is 1. The van der Waals surface area contributed by atoms with Crippen LogP contribution in [0.3, 0.4) is 0 Å². The van der Waals surface area contributed by atoms with Gasteiger partial charge < -0.3 is 9.84 Å². The van der Waals surface area contributed by atoms with Crippen LogP contribution in [0.15, 0.2) is 16.3 Å². The Morgan fingerprint density at radius 3 is 2.74 bits per heavy atom. The number of nitrogens with zero attached hydrogens (tertiary/aromatic N) is 1. The van der Waals surface area contributed by atoms with Crippen molar-refractivity contribution in [3.8, 4) is 0 Å². The van der Waals surface area contributed by atoms with Crippen molar-refractivity contribution in [3.63, 3.8) is 0 Å². The van der Waals surface area contributed by atoms with E-state index in [0.717, 1.165) is 11.3 Å². The van der Waals surface area contributed by atoms with Crippen molar-refractivity contribution in [1.29, 1.82) is 0 Å². The predicted octanol–water partition coefficient (Wildman–Crippen LogP) is 1.24. The molecular formula is C11H15NO5S2. The molecule has 0 radical (unpaired) electrons. The van der Waals surface area contributed by atoms with Crippen LogP contribution in [0.2, 0.25) is 0 Å². The van der Waals surface area contributed by atoms with Gasteiger partial charge in [-0.3, -0.25) is 0 Å². The highest BCUT2D eigenvalue weighted by Gasteiger charge is 2.35. The fraction of sp³-hybridized carbons (Fsp3) is 0.545. The second-order valence-corrected chi connectivity index (χ2v) is 7.31. The highest BCUT2D eigenvalue weighted by molar-refractivity contribution is 7.89. The van der Waals surface area contributed by atoms with Crippen LogP contribution >= 0.6 is 11.3 Å². The number of carboxylic acid groups (broad SMARTS) is 1. The summed E-state index contributed by atoms with van der Waals surface area (Å²) in [5.41, 5.74) is 0. The molecule has 1 fully saturated rings. The van der Waals surface area contributed by atoms with E-state index in [9.17, 15) is 13.2 Å². The molecule has 2 atom stereocenters. The normalized spacial score (nSPS) is 23.9. The van der Waals surface area contributed by atoms with Crippen LogP contribution in [0.5, 0.6) is 0 Å². The SMILES string of the molecule is CC1OCCC1N(C)S(=O)(=O)c1csc(C(=O)O)c1. The van der Waals surface area contributed by atoms with E-state index in [1.807, 2.05) is 6.92 Å². The zero-order chi connectivity index (χ0) is 14.2. The summed E-state index contributed by atoms with van der Waals surface area (Å²) in [6, 6.07) is 0.984. The number of sulfonamides is 1. The van der Waals surface area contributed by atoms with Gasteiger partial charge in [0.2, 0.25) is 10.0 Å². The maximum absolute atomic E-state index is 12.4. The third-order valence-electron chi connectivity index (χ3n) is 3.27. The summed E-state index contributed by atoms with van der Waals surface area (Å²) in [4.78, 5) is 10.8. The van der Waals surface area contributed by atoms with E-state index in [0.29, 0.717) is 13.0 Å². The number of rotatable bonds is 4. The van der Waals surface area contributed by atoms with Gasteiger partial charge in [-0.2, -0.15) is 4.31 Å². The summed E-state index contributed by atoms with van der Waals surface area (Å²) in [5, 5.41) is 10.2. The Bertz CT molecular complexity index is 580. The molecule has 106 valence electrons. The molecule has 8 heteroatoms. The molecule has 0 aromatic carbocycles. The molecule has 2 heterocycles. The lowest BCUT2D eigenvalue weighted by Gasteiger charge is -2.25. The first-order chi connectivity index (χ1) is 8.84. The van der Waals surface area contributed by atoms with E-state index >= 15 is 0 Å². The molecule has 1 saturated heterocycles. The number of carbonyl (C=O) groups is 1. The maximum Gasteiger partial charge on any atom is 0.345 e. The number of hydrogen-bond acceptors (Lipinski definition) is 5. The Kier molecular flexibility index (Phi) is 3.95. The van der Waals surface area contributed by atoms with Crippen LogP contribution < -0.4 is 0 Å². The second-order valence-electron chi connectivity index (χ2n) is 4.40. The molecule has 2 unspecified atom stereocenters. The van der Waals surface area contributed by atoms with Gasteiger partial charge in [-0.15, -0.1) is 11.3 Å². The summed E-state index contributed by atoms with van der Waals surface area (Å²) < 4.78 is 31.4. The molecule has 1 aliphatic heterocycles. The molecule has 1 aromatic rings. The Hall–Kier alpha value is -0.960. The van der Waals surface area contributed by atoms with Crippen LogP contribution in [-0.2, 0) is 14.8 Å². The van der Waals surface area contributed by atoms with Crippen molar-refractivity contribution in [2.24, 2.45) is 0 Å². The standard InChI is InChI=1S/C11H15NO5S2/c1-7-9(3-4-17-7)12(2)19(15,16)8-5-10(11(13)14)18-6-8/h5-7,9H,3-4H2,1-2H3,(H,13,14). The van der Waals surface area contributed by atoms with E-state index < -0.39 is 16.0 Å². The number of aromatic carboxylic acids is 1. The average Bonchev–Trinajstić information content (AvgIpc) is 2.96. The average molecular weight is 305 g/mol. The van der Waals surface area contributed by atoms with Crippen molar-refractivity contribution in [2.45, 2.75) is 30.4 Å². The summed E-state index contributed by atoms with van der Waals surface area (Å²) >= 11 is 0.909. The summed E-state index contributed by atoms with van der Waals surface area (Å²) in [6.07, 6.45) is 0.490. The first kappa shape index (κ1) is 14.4. The molecule has 0 amide bonds. The summed E-state index contributed by atoms with van der Waals surface area (Å²) in [7, 11) is -2.16. The molecule has 19 heavy (non-hydrogen) atoms. The Morgan fingerprint density at radius 2 is 2.26 bits per heavy atom. The summed E-state index contributed by atoms with van der Waals surface area (Å²) in [6.45, 7) is 2.37. The van der Waals surface area contributed by atoms with Gasteiger partial charge in [0, 0.05) is 19.0 Å². The fourth-order valence-electron chi connectivity index (χ4n) is 2.11. The van der Waals surface area contributed by atoms with E-state index in [4.69, 9.17) is 9.84 Å². The van der Waals surface area contributed by atoms with E-state index in [1.54, 1.807) is 0 Å². The first-order valence-electron chi connectivity index (χ1n) is 5.75. The van der Waals surface area contributed by atoms with E-state index in [1.165, 1.54) is 22.8 Å². The molecule has 0 spiro atoms. The second kappa shape index (κ2) is 5.20. The van der Waals surface area contributed by atoms with Crippen molar-refractivity contribution < 1.29 is 23.1 Å². The monoisotopic (exact) mass is 305 g/mol. The number of likely N-dealkylation sites (N-methyl/N-ethyl adjacent to an activating group) is 1. The highest BCUT2D eigenvalue weighted by atomic mass is 32.2. The van der Waals surface area contributed by atoms with Gasteiger partial charge in [-0.25, -0.2) is 13.2 Å². The summed E-state index contributed by atoms with van der Waals surface area (Å²) in [5.74, 6) is -1.12. The largest absolute Gasteiger partial charge is 0.477 e. The Morgan fingerprint density at radius 1 is 1.58 bits per heavy atom. The van der Waals surface area contributed by atoms with Gasteiger partial charge >= 0.3 is 5.97 Å². The van der Waals surface area contributed by atoms with Crippen LogP contribution in [0.25, 0.3) is 0 Å². The quantitative estimate of drug-likeness (QED) is 0.905. The highest BCUT2D eigenvalue weighted by Crippen LogP contribution is 2.27. The van der Waals surface area contributed by atoms with E-state index in [-0.39, 0.29) is 21.9 Å².